The molecule has 1 saturated heterocycles. The normalized spacial score (nSPS) is 21.6. The number of piperazine rings is 1. The number of para-hydroxylation sites is 1. The molecule has 6 nitrogen and oxygen atoms in total. The van der Waals surface area contributed by atoms with Crippen LogP contribution in [0.3, 0.4) is 0 Å². The number of amides is 2. The Kier molecular flexibility index (Phi) is 6.08. The minimum atomic E-state index is -0.521. The molecule has 3 aromatic carbocycles. The first kappa shape index (κ1) is 24.9. The number of anilines is 2. The number of benzene rings is 3. The van der Waals surface area contributed by atoms with E-state index in [9.17, 15) is 9.59 Å². The van der Waals surface area contributed by atoms with Crippen molar-refractivity contribution in [3.05, 3.63) is 125 Å². The summed E-state index contributed by atoms with van der Waals surface area (Å²) in [6.45, 7) is 3.33. The van der Waals surface area contributed by atoms with E-state index in [2.05, 4.69) is 16.0 Å². The molecular weight excluding hydrogens is 520 g/mol. The van der Waals surface area contributed by atoms with Gasteiger partial charge < -0.3 is 14.7 Å². The van der Waals surface area contributed by atoms with Gasteiger partial charge >= 0.3 is 0 Å². The van der Waals surface area contributed by atoms with E-state index in [1.165, 1.54) is 0 Å². The molecule has 2 atom stereocenters. The van der Waals surface area contributed by atoms with Crippen LogP contribution in [0.15, 0.2) is 97.3 Å². The van der Waals surface area contributed by atoms with Gasteiger partial charge in [0.15, 0.2) is 0 Å². The van der Waals surface area contributed by atoms with Gasteiger partial charge in [0.2, 0.25) is 5.91 Å². The summed E-state index contributed by atoms with van der Waals surface area (Å²) in [5, 5.41) is 0.697. The summed E-state index contributed by atoms with van der Waals surface area (Å²) < 4.78 is 0. The molecule has 0 bridgehead atoms. The Bertz CT molecular complexity index is 1580. The van der Waals surface area contributed by atoms with Crippen molar-refractivity contribution in [1.29, 1.82) is 0 Å². The van der Waals surface area contributed by atoms with E-state index in [0.29, 0.717) is 30.2 Å². The second-order valence-electron chi connectivity index (χ2n) is 10.9. The summed E-state index contributed by atoms with van der Waals surface area (Å²) in [7, 11) is 0. The lowest BCUT2D eigenvalue weighted by atomic mass is 9.92. The van der Waals surface area contributed by atoms with Gasteiger partial charge in [0.1, 0.15) is 0 Å². The predicted octanol–water partition coefficient (Wildman–Crippen LogP) is 5.67. The van der Waals surface area contributed by atoms with Crippen molar-refractivity contribution in [2.24, 2.45) is 0 Å². The Hall–Kier alpha value is -4.16. The summed E-state index contributed by atoms with van der Waals surface area (Å²) in [5.41, 5.74) is 5.43. The molecule has 4 aromatic rings. The van der Waals surface area contributed by atoms with E-state index in [0.717, 1.165) is 47.6 Å². The number of aromatic nitrogens is 1. The summed E-state index contributed by atoms with van der Waals surface area (Å²) in [5.74, 6) is 0.311. The summed E-state index contributed by atoms with van der Waals surface area (Å²) in [6, 6.07) is 27.7. The Balaban J connectivity index is 1.08. The Morgan fingerprint density at radius 2 is 1.65 bits per heavy atom. The molecule has 1 aromatic heterocycles. The van der Waals surface area contributed by atoms with Crippen molar-refractivity contribution < 1.29 is 9.59 Å². The number of fused-ring (bicyclic) bond motifs is 2. The van der Waals surface area contributed by atoms with Gasteiger partial charge in [0.05, 0.1) is 12.0 Å². The standard InChI is InChI=1S/C33H29ClN4O2/c34-26-10-8-24(9-11-26)29-21-33(29)28-6-1-2-7-30(28)38(32(33)40)22-23-4-3-5-25(20-23)31(39)37-18-16-36(17-19-37)27-12-14-35-15-13-27/h1-15,20,29H,16-19,21-22H2/t29?,33-/m1/s1. The lowest BCUT2D eigenvalue weighted by Crippen LogP contribution is -2.48. The molecule has 1 aliphatic carbocycles. The van der Waals surface area contributed by atoms with Crippen LogP contribution in [-0.4, -0.2) is 47.9 Å². The van der Waals surface area contributed by atoms with Crippen LogP contribution in [-0.2, 0) is 16.8 Å². The second kappa shape index (κ2) is 9.79. The Labute approximate surface area is 238 Å². The van der Waals surface area contributed by atoms with E-state index >= 15 is 0 Å². The van der Waals surface area contributed by atoms with Gasteiger partial charge in [-0.2, -0.15) is 0 Å². The van der Waals surface area contributed by atoms with Crippen molar-refractivity contribution in [3.63, 3.8) is 0 Å². The number of rotatable bonds is 5. The van der Waals surface area contributed by atoms with Gasteiger partial charge in [-0.05, 0) is 65.6 Å². The van der Waals surface area contributed by atoms with Crippen LogP contribution < -0.4 is 9.80 Å². The number of carbonyl (C=O) groups excluding carboxylic acids is 2. The average molecular weight is 549 g/mol. The minimum Gasteiger partial charge on any atom is -0.368 e. The highest BCUT2D eigenvalue weighted by molar-refractivity contribution is 6.30. The zero-order valence-electron chi connectivity index (χ0n) is 22.0. The summed E-state index contributed by atoms with van der Waals surface area (Å²) in [6.07, 6.45) is 4.39. The lowest BCUT2D eigenvalue weighted by Gasteiger charge is -2.36. The van der Waals surface area contributed by atoms with Gasteiger partial charge in [-0.25, -0.2) is 0 Å². The molecule has 7 rings (SSSR count). The monoisotopic (exact) mass is 548 g/mol. The van der Waals surface area contributed by atoms with E-state index in [1.807, 2.05) is 88.7 Å². The average Bonchev–Trinajstić information content (AvgIpc) is 3.72. The number of carbonyl (C=O) groups is 2. The fourth-order valence-corrected chi connectivity index (χ4v) is 6.62. The molecule has 1 spiro atoms. The van der Waals surface area contributed by atoms with Gasteiger partial charge in [0, 0.05) is 66.5 Å². The molecule has 3 heterocycles. The van der Waals surface area contributed by atoms with Crippen LogP contribution in [0, 0.1) is 0 Å². The van der Waals surface area contributed by atoms with Crippen LogP contribution in [0.25, 0.3) is 0 Å². The maximum atomic E-state index is 14.0. The third kappa shape index (κ3) is 4.14. The van der Waals surface area contributed by atoms with Crippen molar-refractivity contribution in [2.45, 2.75) is 24.3 Å². The topological polar surface area (TPSA) is 56.8 Å². The molecule has 0 radical (unpaired) electrons. The maximum absolute atomic E-state index is 14.0. The first-order valence-corrected chi connectivity index (χ1v) is 14.1. The predicted molar refractivity (Wildman–Crippen MR) is 157 cm³/mol. The van der Waals surface area contributed by atoms with E-state index < -0.39 is 5.41 Å². The third-order valence-electron chi connectivity index (χ3n) is 8.64. The maximum Gasteiger partial charge on any atom is 0.253 e. The zero-order valence-corrected chi connectivity index (χ0v) is 22.8. The van der Waals surface area contributed by atoms with Crippen LogP contribution in [0.5, 0.6) is 0 Å². The van der Waals surface area contributed by atoms with Crippen LogP contribution in [0.2, 0.25) is 5.02 Å². The number of halogens is 1. The largest absolute Gasteiger partial charge is 0.368 e. The number of pyridine rings is 1. The Morgan fingerprint density at radius 1 is 0.900 bits per heavy atom. The van der Waals surface area contributed by atoms with E-state index in [4.69, 9.17) is 11.6 Å². The van der Waals surface area contributed by atoms with E-state index in [1.54, 1.807) is 12.4 Å². The first-order valence-electron chi connectivity index (χ1n) is 13.7. The summed E-state index contributed by atoms with van der Waals surface area (Å²) in [4.78, 5) is 37.7. The molecule has 2 amide bonds. The SMILES string of the molecule is O=C(c1cccc(CN2C(=O)[C@]3(CC3c3ccc(Cl)cc3)c3ccccc32)c1)N1CCN(c2ccncc2)CC1. The molecule has 40 heavy (non-hydrogen) atoms. The van der Waals surface area contributed by atoms with Crippen LogP contribution >= 0.6 is 11.6 Å². The molecule has 200 valence electrons. The molecule has 3 aliphatic rings. The lowest BCUT2D eigenvalue weighted by molar-refractivity contribution is -0.120. The highest BCUT2D eigenvalue weighted by Crippen LogP contribution is 2.66. The third-order valence-corrected chi connectivity index (χ3v) is 8.90. The number of hydrogen-bond donors (Lipinski definition) is 0. The fraction of sp³-hybridized carbons (Fsp3) is 0.242. The van der Waals surface area contributed by atoms with Gasteiger partial charge in [-0.3, -0.25) is 14.6 Å². The van der Waals surface area contributed by atoms with Crippen LogP contribution in [0.1, 0.15) is 39.4 Å². The highest BCUT2D eigenvalue weighted by Gasteiger charge is 2.67. The molecule has 1 unspecified atom stereocenters. The second-order valence-corrected chi connectivity index (χ2v) is 11.3. The minimum absolute atomic E-state index is 0.0332. The Morgan fingerprint density at radius 3 is 2.42 bits per heavy atom. The number of hydrogen-bond acceptors (Lipinski definition) is 4. The molecular formula is C33H29ClN4O2. The van der Waals surface area contributed by atoms with Gasteiger partial charge in [-0.15, -0.1) is 0 Å². The van der Waals surface area contributed by atoms with Gasteiger partial charge in [0.25, 0.3) is 5.91 Å². The molecule has 0 N–H and O–H groups in total. The van der Waals surface area contributed by atoms with Gasteiger partial charge in [-0.1, -0.05) is 54.1 Å². The van der Waals surface area contributed by atoms with Crippen molar-refractivity contribution in [1.82, 2.24) is 9.88 Å². The smallest absolute Gasteiger partial charge is 0.253 e. The number of nitrogens with zero attached hydrogens (tertiary/aromatic N) is 4. The van der Waals surface area contributed by atoms with Crippen LogP contribution in [0.4, 0.5) is 11.4 Å². The molecule has 1 saturated carbocycles. The fourth-order valence-electron chi connectivity index (χ4n) is 6.49. The quantitative estimate of drug-likeness (QED) is 0.322. The van der Waals surface area contributed by atoms with Crippen molar-refractivity contribution in [2.75, 3.05) is 36.0 Å². The van der Waals surface area contributed by atoms with Crippen molar-refractivity contribution in [3.8, 4) is 0 Å². The molecule has 2 fully saturated rings. The molecule has 2 aliphatic heterocycles. The summed E-state index contributed by atoms with van der Waals surface area (Å²) >= 11 is 6.12. The van der Waals surface area contributed by atoms with Crippen molar-refractivity contribution >= 4 is 34.8 Å². The zero-order chi connectivity index (χ0) is 27.3. The van der Waals surface area contributed by atoms with E-state index in [-0.39, 0.29) is 17.7 Å². The highest BCUT2D eigenvalue weighted by atomic mass is 35.5. The molecule has 7 heteroatoms. The first-order chi connectivity index (χ1) is 19.5.